The number of hydrogen-bond donors (Lipinski definition) is 0. The molecular formula is C13H8Cl2F3N3O3. The van der Waals surface area contributed by atoms with Gasteiger partial charge >= 0.3 is 11.9 Å². The normalized spacial score (nSPS) is 15.0. The lowest BCUT2D eigenvalue weighted by atomic mass is 10.0. The Kier molecular flexibility index (Phi) is 4.86. The molecule has 0 aromatic heterocycles. The number of alkyl halides is 3. The number of Topliss-reactive ketones (excluding diaryl/α,β-unsaturated/α-hetero) is 1. The zero-order chi connectivity index (χ0) is 18.2. The number of nitro benzene ring substituents is 1. The monoisotopic (exact) mass is 381 g/mol. The summed E-state index contributed by atoms with van der Waals surface area (Å²) in [7, 11) is 1.33. The Morgan fingerprint density at radius 3 is 2.54 bits per heavy atom. The fourth-order valence-electron chi connectivity index (χ4n) is 2.00. The number of nitro groups is 1. The van der Waals surface area contributed by atoms with E-state index in [0.29, 0.717) is 0 Å². The van der Waals surface area contributed by atoms with Gasteiger partial charge in [0.2, 0.25) is 5.78 Å². The molecule has 6 nitrogen and oxygen atoms in total. The van der Waals surface area contributed by atoms with Crippen LogP contribution in [0.4, 0.5) is 18.9 Å². The summed E-state index contributed by atoms with van der Waals surface area (Å²) in [6, 6.07) is 2.18. The van der Waals surface area contributed by atoms with Gasteiger partial charge in [0.25, 0.3) is 0 Å². The molecule has 0 fully saturated rings. The van der Waals surface area contributed by atoms with E-state index in [1.165, 1.54) is 7.05 Å². The van der Waals surface area contributed by atoms with Crippen molar-refractivity contribution in [2.24, 2.45) is 4.99 Å². The SMILES string of the molecule is CN1C=C(C(F)(F)F)N=C(C(=O)c2ccc(Cl)c([N+](=O)[O-])c2Cl)C1. The number of hydrogen-bond acceptors (Lipinski definition) is 5. The number of nitrogens with zero attached hydrogens (tertiary/aromatic N) is 3. The van der Waals surface area contributed by atoms with E-state index in [2.05, 4.69) is 4.99 Å². The smallest absolute Gasteiger partial charge is 0.373 e. The first-order valence-corrected chi connectivity index (χ1v) is 7.02. The Balaban J connectivity index is 2.50. The lowest BCUT2D eigenvalue weighted by Gasteiger charge is -2.22. The number of benzene rings is 1. The highest BCUT2D eigenvalue weighted by molar-refractivity contribution is 6.51. The first-order chi connectivity index (χ1) is 11.0. The van der Waals surface area contributed by atoms with E-state index in [1.807, 2.05) is 0 Å². The topological polar surface area (TPSA) is 75.8 Å². The number of carbonyl (C=O) groups is 1. The fraction of sp³-hybridized carbons (Fsp3) is 0.231. The van der Waals surface area contributed by atoms with Crippen molar-refractivity contribution in [2.45, 2.75) is 6.18 Å². The van der Waals surface area contributed by atoms with Crippen molar-refractivity contribution in [3.8, 4) is 0 Å². The van der Waals surface area contributed by atoms with E-state index in [1.54, 1.807) is 0 Å². The molecule has 0 spiro atoms. The number of aliphatic imine (C=N–C) groups is 1. The van der Waals surface area contributed by atoms with E-state index in [9.17, 15) is 28.1 Å². The van der Waals surface area contributed by atoms with Crippen molar-refractivity contribution in [2.75, 3.05) is 13.6 Å². The molecule has 128 valence electrons. The minimum absolute atomic E-state index is 0.203. The van der Waals surface area contributed by atoms with E-state index < -0.39 is 39.0 Å². The van der Waals surface area contributed by atoms with Crippen LogP contribution in [0.2, 0.25) is 10.0 Å². The molecule has 1 aromatic carbocycles. The third-order valence-corrected chi connectivity index (χ3v) is 3.73. The molecule has 0 aliphatic carbocycles. The maximum absolute atomic E-state index is 12.8. The zero-order valence-electron chi connectivity index (χ0n) is 11.9. The third kappa shape index (κ3) is 3.51. The average Bonchev–Trinajstić information content (AvgIpc) is 2.44. The molecule has 0 unspecified atom stereocenters. The second-order valence-corrected chi connectivity index (χ2v) is 5.61. The number of allylic oxidation sites excluding steroid dienone is 1. The standard InChI is InChI=1S/C13H8Cl2F3N3O3/c1-20-4-8(19-9(5-20)13(16,17)18)12(22)6-2-3-7(14)11(10(6)15)21(23)24/h2-3,5H,4H2,1H3. The van der Waals surface area contributed by atoms with E-state index >= 15 is 0 Å². The van der Waals surface area contributed by atoms with Crippen LogP contribution in [0.3, 0.4) is 0 Å². The molecule has 1 aromatic rings. The van der Waals surface area contributed by atoms with Gasteiger partial charge in [-0.1, -0.05) is 23.2 Å². The van der Waals surface area contributed by atoms with Crippen LogP contribution in [0.15, 0.2) is 29.0 Å². The van der Waals surface area contributed by atoms with Crippen LogP contribution in [0, 0.1) is 10.1 Å². The largest absolute Gasteiger partial charge is 0.434 e. The summed E-state index contributed by atoms with van der Waals surface area (Å²) < 4.78 is 38.4. The second-order valence-electron chi connectivity index (χ2n) is 4.83. The minimum atomic E-state index is -4.74. The van der Waals surface area contributed by atoms with Crippen molar-refractivity contribution in [1.29, 1.82) is 0 Å². The first kappa shape index (κ1) is 18.2. The van der Waals surface area contributed by atoms with Crippen LogP contribution < -0.4 is 0 Å². The van der Waals surface area contributed by atoms with Crippen LogP contribution >= 0.6 is 23.2 Å². The summed E-state index contributed by atoms with van der Waals surface area (Å²) in [5, 5.41) is 10.1. The minimum Gasteiger partial charge on any atom is -0.373 e. The van der Waals surface area contributed by atoms with Crippen molar-refractivity contribution < 1.29 is 22.9 Å². The molecule has 0 saturated heterocycles. The molecular weight excluding hydrogens is 374 g/mol. The van der Waals surface area contributed by atoms with Gasteiger partial charge in [-0.05, 0) is 12.1 Å². The lowest BCUT2D eigenvalue weighted by molar-refractivity contribution is -0.384. The number of rotatable bonds is 3. The molecule has 0 bridgehead atoms. The predicted molar refractivity (Wildman–Crippen MR) is 81.6 cm³/mol. The zero-order valence-corrected chi connectivity index (χ0v) is 13.4. The van der Waals surface area contributed by atoms with Crippen molar-refractivity contribution >= 4 is 40.4 Å². The molecule has 1 heterocycles. The van der Waals surface area contributed by atoms with Crippen molar-refractivity contribution in [1.82, 2.24) is 4.90 Å². The van der Waals surface area contributed by atoms with Crippen LogP contribution in [-0.2, 0) is 0 Å². The van der Waals surface area contributed by atoms with Crippen LogP contribution in [-0.4, -0.2) is 41.1 Å². The van der Waals surface area contributed by atoms with Gasteiger partial charge < -0.3 is 4.90 Å². The Morgan fingerprint density at radius 1 is 1.38 bits per heavy atom. The summed E-state index contributed by atoms with van der Waals surface area (Å²) in [4.78, 5) is 26.9. The molecule has 2 rings (SSSR count). The number of ketones is 1. The third-order valence-electron chi connectivity index (χ3n) is 3.04. The van der Waals surface area contributed by atoms with Gasteiger partial charge in [-0.15, -0.1) is 0 Å². The molecule has 0 saturated carbocycles. The first-order valence-electron chi connectivity index (χ1n) is 6.26. The summed E-state index contributed by atoms with van der Waals surface area (Å²) in [5.41, 5.74) is -2.73. The maximum atomic E-state index is 12.8. The Hall–Kier alpha value is -2.13. The van der Waals surface area contributed by atoms with E-state index in [-0.39, 0.29) is 17.1 Å². The summed E-state index contributed by atoms with van der Waals surface area (Å²) in [6.07, 6.45) is -3.99. The molecule has 0 radical (unpaired) electrons. The van der Waals surface area contributed by atoms with E-state index in [4.69, 9.17) is 23.2 Å². The van der Waals surface area contributed by atoms with Gasteiger partial charge in [0.15, 0.2) is 5.70 Å². The highest BCUT2D eigenvalue weighted by atomic mass is 35.5. The van der Waals surface area contributed by atoms with Crippen LogP contribution in [0.5, 0.6) is 0 Å². The average molecular weight is 382 g/mol. The predicted octanol–water partition coefficient (Wildman–Crippen LogP) is 3.87. The van der Waals surface area contributed by atoms with Gasteiger partial charge in [-0.3, -0.25) is 14.9 Å². The second kappa shape index (κ2) is 6.40. The Bertz CT molecular complexity index is 791. The summed E-state index contributed by atoms with van der Waals surface area (Å²) in [6.45, 7) is -0.203. The quantitative estimate of drug-likeness (QED) is 0.452. The molecule has 1 aliphatic rings. The van der Waals surface area contributed by atoms with Crippen LogP contribution in [0.1, 0.15) is 10.4 Å². The van der Waals surface area contributed by atoms with E-state index in [0.717, 1.165) is 23.2 Å². The number of carbonyl (C=O) groups excluding carboxylic acids is 1. The summed E-state index contributed by atoms with van der Waals surface area (Å²) in [5.74, 6) is -0.943. The molecule has 1 aliphatic heterocycles. The van der Waals surface area contributed by atoms with Gasteiger partial charge in [0.05, 0.1) is 11.5 Å². The van der Waals surface area contributed by atoms with Gasteiger partial charge in [-0.2, -0.15) is 13.2 Å². The molecule has 0 amide bonds. The van der Waals surface area contributed by atoms with Gasteiger partial charge in [-0.25, -0.2) is 4.99 Å². The highest BCUT2D eigenvalue weighted by Gasteiger charge is 2.37. The highest BCUT2D eigenvalue weighted by Crippen LogP contribution is 2.36. The molecule has 11 heteroatoms. The lowest BCUT2D eigenvalue weighted by Crippen LogP contribution is -2.33. The maximum Gasteiger partial charge on any atom is 0.434 e. The van der Waals surface area contributed by atoms with Crippen LogP contribution in [0.25, 0.3) is 0 Å². The molecule has 24 heavy (non-hydrogen) atoms. The van der Waals surface area contributed by atoms with Gasteiger partial charge in [0, 0.05) is 18.8 Å². The summed E-state index contributed by atoms with van der Waals surface area (Å²) >= 11 is 11.5. The molecule has 0 N–H and O–H groups in total. The van der Waals surface area contributed by atoms with Crippen molar-refractivity contribution in [3.63, 3.8) is 0 Å². The van der Waals surface area contributed by atoms with Gasteiger partial charge in [0.1, 0.15) is 15.8 Å². The molecule has 0 atom stereocenters. The van der Waals surface area contributed by atoms with Crippen molar-refractivity contribution in [3.05, 3.63) is 49.8 Å². The fourth-order valence-corrected chi connectivity index (χ4v) is 2.59. The number of halogens is 5. The Morgan fingerprint density at radius 2 is 2.00 bits per heavy atom. The Labute approximate surface area is 143 Å².